The van der Waals surface area contributed by atoms with Gasteiger partial charge in [0.05, 0.1) is 0 Å². The highest BCUT2D eigenvalue weighted by molar-refractivity contribution is 6.20. The lowest BCUT2D eigenvalue weighted by Crippen LogP contribution is -2.28. The molecule has 2 nitrogen and oxygen atoms in total. The van der Waals surface area contributed by atoms with E-state index in [1.165, 1.54) is 25.7 Å². The molecule has 94 valence electrons. The molecule has 1 rings (SSSR count). The second-order valence-electron chi connectivity index (χ2n) is 4.89. The largest absolute Gasteiger partial charge is 0.356 e. The lowest BCUT2D eigenvalue weighted by atomic mass is 10.1. The number of rotatable bonds is 7. The zero-order valence-electron chi connectivity index (χ0n) is 10.3. The van der Waals surface area contributed by atoms with E-state index in [2.05, 4.69) is 12.2 Å². The Kier molecular flexibility index (Phi) is 6.86. The summed E-state index contributed by atoms with van der Waals surface area (Å²) in [5.41, 5.74) is 0. The Hall–Kier alpha value is -0.240. The Bertz CT molecular complexity index is 208. The van der Waals surface area contributed by atoms with Crippen molar-refractivity contribution in [3.63, 3.8) is 0 Å². The van der Waals surface area contributed by atoms with Crippen LogP contribution in [0.3, 0.4) is 0 Å². The number of halogens is 1. The van der Waals surface area contributed by atoms with E-state index in [9.17, 15) is 4.79 Å². The Morgan fingerprint density at radius 3 is 2.75 bits per heavy atom. The Morgan fingerprint density at radius 2 is 2.12 bits per heavy atom. The molecule has 2 atom stereocenters. The number of hydrogen-bond acceptors (Lipinski definition) is 1. The van der Waals surface area contributed by atoms with E-state index in [0.29, 0.717) is 17.7 Å². The van der Waals surface area contributed by atoms with E-state index in [1.807, 2.05) is 0 Å². The second kappa shape index (κ2) is 7.94. The maximum atomic E-state index is 11.5. The zero-order chi connectivity index (χ0) is 11.8. The molecule has 1 aliphatic carbocycles. The van der Waals surface area contributed by atoms with Crippen molar-refractivity contribution in [1.29, 1.82) is 0 Å². The van der Waals surface area contributed by atoms with Crippen molar-refractivity contribution in [2.45, 2.75) is 63.7 Å². The van der Waals surface area contributed by atoms with Crippen molar-refractivity contribution in [2.24, 2.45) is 5.92 Å². The van der Waals surface area contributed by atoms with Gasteiger partial charge in [0, 0.05) is 18.3 Å². The fraction of sp³-hybridized carbons (Fsp3) is 0.923. The average molecular weight is 246 g/mol. The summed E-state index contributed by atoms with van der Waals surface area (Å²) in [6.45, 7) is 3.01. The topological polar surface area (TPSA) is 29.1 Å². The molecule has 1 fully saturated rings. The quantitative estimate of drug-likeness (QED) is 0.540. The molecule has 3 heteroatoms. The third-order valence-electron chi connectivity index (χ3n) is 3.32. The van der Waals surface area contributed by atoms with E-state index in [-0.39, 0.29) is 5.91 Å². The molecule has 0 saturated heterocycles. The van der Waals surface area contributed by atoms with Crippen LogP contribution in [0.25, 0.3) is 0 Å². The van der Waals surface area contributed by atoms with Crippen LogP contribution in [0.2, 0.25) is 0 Å². The van der Waals surface area contributed by atoms with Crippen molar-refractivity contribution >= 4 is 17.5 Å². The van der Waals surface area contributed by atoms with Gasteiger partial charge in [0.15, 0.2) is 0 Å². The Labute approximate surface area is 104 Å². The normalized spacial score (nSPS) is 24.6. The molecule has 1 amide bonds. The molecule has 0 aromatic heterocycles. The summed E-state index contributed by atoms with van der Waals surface area (Å²) in [7, 11) is 0. The number of hydrogen-bond donors (Lipinski definition) is 1. The van der Waals surface area contributed by atoms with E-state index >= 15 is 0 Å². The summed E-state index contributed by atoms with van der Waals surface area (Å²) >= 11 is 6.03. The minimum atomic E-state index is 0.217. The number of alkyl halides is 1. The summed E-state index contributed by atoms with van der Waals surface area (Å²) in [5, 5.41) is 3.36. The Morgan fingerprint density at radius 1 is 1.31 bits per heavy atom. The summed E-state index contributed by atoms with van der Waals surface area (Å²) < 4.78 is 0. The van der Waals surface area contributed by atoms with Crippen LogP contribution in [0.4, 0.5) is 0 Å². The minimum absolute atomic E-state index is 0.217. The lowest BCUT2D eigenvalue weighted by Gasteiger charge is -2.10. The highest BCUT2D eigenvalue weighted by Gasteiger charge is 2.22. The van der Waals surface area contributed by atoms with Crippen molar-refractivity contribution < 1.29 is 4.79 Å². The zero-order valence-corrected chi connectivity index (χ0v) is 11.1. The molecule has 0 aliphatic heterocycles. The maximum Gasteiger partial charge on any atom is 0.220 e. The predicted octanol–water partition coefficient (Wildman–Crippen LogP) is 3.48. The van der Waals surface area contributed by atoms with Gasteiger partial charge in [-0.2, -0.15) is 0 Å². The molecule has 0 bridgehead atoms. The molecule has 0 spiro atoms. The van der Waals surface area contributed by atoms with E-state index in [4.69, 9.17) is 11.6 Å². The summed E-state index contributed by atoms with van der Waals surface area (Å²) in [4.78, 5) is 11.5. The molecule has 0 aromatic carbocycles. The molecular formula is C13H24ClNO. The minimum Gasteiger partial charge on any atom is -0.356 e. The molecule has 0 radical (unpaired) electrons. The van der Waals surface area contributed by atoms with Gasteiger partial charge >= 0.3 is 0 Å². The van der Waals surface area contributed by atoms with Crippen LogP contribution >= 0.6 is 11.6 Å². The first-order valence-corrected chi connectivity index (χ1v) is 7.06. The van der Waals surface area contributed by atoms with Crippen LogP contribution in [0.15, 0.2) is 0 Å². The molecule has 1 N–H and O–H groups in total. The van der Waals surface area contributed by atoms with Crippen molar-refractivity contribution in [2.75, 3.05) is 6.54 Å². The van der Waals surface area contributed by atoms with Crippen LogP contribution in [0.1, 0.15) is 58.3 Å². The SMILES string of the molecule is CCCCCCC(=O)NCC1CCC(Cl)C1. The van der Waals surface area contributed by atoms with E-state index in [1.54, 1.807) is 0 Å². The fourth-order valence-electron chi connectivity index (χ4n) is 2.26. The van der Waals surface area contributed by atoms with Crippen LogP contribution in [-0.4, -0.2) is 17.8 Å². The fourth-order valence-corrected chi connectivity index (χ4v) is 2.64. The molecule has 0 aromatic rings. The predicted molar refractivity (Wildman–Crippen MR) is 68.8 cm³/mol. The van der Waals surface area contributed by atoms with Crippen LogP contribution < -0.4 is 5.32 Å². The second-order valence-corrected chi connectivity index (χ2v) is 5.51. The number of nitrogens with one attached hydrogen (secondary N) is 1. The molecular weight excluding hydrogens is 222 g/mol. The van der Waals surface area contributed by atoms with Crippen molar-refractivity contribution in [3.05, 3.63) is 0 Å². The van der Waals surface area contributed by atoms with Gasteiger partial charge in [-0.1, -0.05) is 26.2 Å². The van der Waals surface area contributed by atoms with Crippen LogP contribution in [0.5, 0.6) is 0 Å². The molecule has 1 aliphatic rings. The number of amides is 1. The highest BCUT2D eigenvalue weighted by Crippen LogP contribution is 2.28. The lowest BCUT2D eigenvalue weighted by molar-refractivity contribution is -0.121. The van der Waals surface area contributed by atoms with Gasteiger partial charge in [-0.15, -0.1) is 11.6 Å². The van der Waals surface area contributed by atoms with Gasteiger partial charge in [-0.25, -0.2) is 0 Å². The van der Waals surface area contributed by atoms with Gasteiger partial charge in [0.1, 0.15) is 0 Å². The maximum absolute atomic E-state index is 11.5. The monoisotopic (exact) mass is 245 g/mol. The van der Waals surface area contributed by atoms with Crippen molar-refractivity contribution in [1.82, 2.24) is 5.32 Å². The summed E-state index contributed by atoms with van der Waals surface area (Å²) in [5.74, 6) is 0.830. The third kappa shape index (κ3) is 5.74. The van der Waals surface area contributed by atoms with Crippen LogP contribution in [0, 0.1) is 5.92 Å². The average Bonchev–Trinajstić information content (AvgIpc) is 2.68. The number of carbonyl (C=O) groups is 1. The van der Waals surface area contributed by atoms with Crippen molar-refractivity contribution in [3.8, 4) is 0 Å². The smallest absolute Gasteiger partial charge is 0.220 e. The van der Waals surface area contributed by atoms with Gasteiger partial charge in [0.25, 0.3) is 0 Å². The van der Waals surface area contributed by atoms with E-state index in [0.717, 1.165) is 25.8 Å². The highest BCUT2D eigenvalue weighted by atomic mass is 35.5. The first kappa shape index (κ1) is 13.8. The van der Waals surface area contributed by atoms with Gasteiger partial charge < -0.3 is 5.32 Å². The van der Waals surface area contributed by atoms with E-state index < -0.39 is 0 Å². The van der Waals surface area contributed by atoms with Crippen LogP contribution in [-0.2, 0) is 4.79 Å². The molecule has 16 heavy (non-hydrogen) atoms. The number of carbonyl (C=O) groups excluding carboxylic acids is 1. The molecule has 0 heterocycles. The van der Waals surface area contributed by atoms with Gasteiger partial charge in [-0.3, -0.25) is 4.79 Å². The molecule has 2 unspecified atom stereocenters. The first-order valence-electron chi connectivity index (χ1n) is 6.63. The van der Waals surface area contributed by atoms with Gasteiger partial charge in [0.2, 0.25) is 5.91 Å². The van der Waals surface area contributed by atoms with Gasteiger partial charge in [-0.05, 0) is 31.6 Å². The third-order valence-corrected chi connectivity index (χ3v) is 3.72. The molecule has 1 saturated carbocycles. The standard InChI is InChI=1S/C13H24ClNO/c1-2-3-4-5-6-13(16)15-10-11-7-8-12(14)9-11/h11-12H,2-10H2,1H3,(H,15,16). The number of unbranched alkanes of at least 4 members (excludes halogenated alkanes) is 3. The Balaban J connectivity index is 1.97. The first-order chi connectivity index (χ1) is 7.72. The summed E-state index contributed by atoms with van der Waals surface area (Å²) in [6.07, 6.45) is 8.71. The summed E-state index contributed by atoms with van der Waals surface area (Å²) in [6, 6.07) is 0.